The van der Waals surface area contributed by atoms with Crippen LogP contribution in [0.15, 0.2) is 27.4 Å². The molecule has 1 aromatic heterocycles. The van der Waals surface area contributed by atoms with Gasteiger partial charge in [-0.15, -0.1) is 0 Å². The van der Waals surface area contributed by atoms with Gasteiger partial charge in [-0.1, -0.05) is 0 Å². The number of carbonyl (C=O) groups excluding carboxylic acids is 1. The van der Waals surface area contributed by atoms with Crippen molar-refractivity contribution >= 4 is 16.8 Å². The summed E-state index contributed by atoms with van der Waals surface area (Å²) >= 11 is 0. The molecule has 5 heteroatoms. The van der Waals surface area contributed by atoms with Crippen LogP contribution in [0.5, 0.6) is 11.5 Å². The zero-order valence-electron chi connectivity index (χ0n) is 10.3. The van der Waals surface area contributed by atoms with Gasteiger partial charge in [0.1, 0.15) is 5.56 Å². The van der Waals surface area contributed by atoms with Crippen LogP contribution in [0.25, 0.3) is 11.0 Å². The maximum absolute atomic E-state index is 11.7. The first-order valence-corrected chi connectivity index (χ1v) is 5.28. The van der Waals surface area contributed by atoms with Crippen molar-refractivity contribution in [3.63, 3.8) is 0 Å². The Kier molecular flexibility index (Phi) is 3.06. The summed E-state index contributed by atoms with van der Waals surface area (Å²) in [5, 5.41) is 0.609. The minimum Gasteiger partial charge on any atom is -0.493 e. The molecule has 0 N–H and O–H groups in total. The van der Waals surface area contributed by atoms with Crippen LogP contribution in [0, 0.1) is 0 Å². The quantitative estimate of drug-likeness (QED) is 0.614. The van der Waals surface area contributed by atoms with Gasteiger partial charge < -0.3 is 13.9 Å². The predicted molar refractivity (Wildman–Crippen MR) is 65.6 cm³/mol. The number of ketones is 1. The van der Waals surface area contributed by atoms with E-state index in [0.717, 1.165) is 0 Å². The fraction of sp³-hybridized carbons (Fsp3) is 0.231. The smallest absolute Gasteiger partial charge is 0.336 e. The largest absolute Gasteiger partial charge is 0.493 e. The van der Waals surface area contributed by atoms with Crippen LogP contribution in [-0.4, -0.2) is 20.0 Å². The average molecular weight is 248 g/mol. The number of carbonyl (C=O) groups is 1. The van der Waals surface area contributed by atoms with Crippen LogP contribution in [0.4, 0.5) is 0 Å². The van der Waals surface area contributed by atoms with Crippen LogP contribution >= 0.6 is 0 Å². The van der Waals surface area contributed by atoms with Crippen LogP contribution < -0.4 is 15.1 Å². The molecule has 0 aliphatic rings. The average Bonchev–Trinajstić information content (AvgIpc) is 2.35. The molecule has 2 rings (SSSR count). The van der Waals surface area contributed by atoms with Crippen molar-refractivity contribution in [2.24, 2.45) is 0 Å². The van der Waals surface area contributed by atoms with Crippen molar-refractivity contribution in [2.75, 3.05) is 14.2 Å². The van der Waals surface area contributed by atoms with E-state index in [1.54, 1.807) is 12.1 Å². The van der Waals surface area contributed by atoms with Crippen molar-refractivity contribution < 1.29 is 18.7 Å². The van der Waals surface area contributed by atoms with E-state index >= 15 is 0 Å². The first-order chi connectivity index (χ1) is 8.58. The second kappa shape index (κ2) is 4.52. The molecule has 1 heterocycles. The molecule has 0 atom stereocenters. The number of methoxy groups -OCH3 is 2. The number of ether oxygens (including phenoxy) is 2. The highest BCUT2D eigenvalue weighted by molar-refractivity contribution is 6.08. The summed E-state index contributed by atoms with van der Waals surface area (Å²) in [7, 11) is 2.91. The van der Waals surface area contributed by atoms with Gasteiger partial charge in [0.25, 0.3) is 0 Å². The Morgan fingerprint density at radius 3 is 2.50 bits per heavy atom. The van der Waals surface area contributed by atoms with E-state index in [1.165, 1.54) is 27.2 Å². The second-order valence-electron chi connectivity index (χ2n) is 3.72. The van der Waals surface area contributed by atoms with Gasteiger partial charge in [-0.05, 0) is 19.1 Å². The molecule has 1 aromatic carbocycles. The number of hydrogen-bond acceptors (Lipinski definition) is 5. The maximum Gasteiger partial charge on any atom is 0.336 e. The topological polar surface area (TPSA) is 65.7 Å². The van der Waals surface area contributed by atoms with Crippen molar-refractivity contribution in [1.29, 1.82) is 0 Å². The summed E-state index contributed by atoms with van der Waals surface area (Å²) < 4.78 is 15.4. The molecule has 0 fully saturated rings. The highest BCUT2D eigenvalue weighted by Crippen LogP contribution is 2.37. The second-order valence-corrected chi connectivity index (χ2v) is 3.72. The van der Waals surface area contributed by atoms with Crippen LogP contribution in [0.3, 0.4) is 0 Å². The van der Waals surface area contributed by atoms with Gasteiger partial charge in [-0.25, -0.2) is 4.79 Å². The summed E-state index contributed by atoms with van der Waals surface area (Å²) in [4.78, 5) is 23.0. The number of benzene rings is 1. The van der Waals surface area contributed by atoms with Gasteiger partial charge >= 0.3 is 5.63 Å². The minimum atomic E-state index is -0.516. The Hall–Kier alpha value is -2.30. The molecule has 0 amide bonds. The molecule has 0 aliphatic carbocycles. The van der Waals surface area contributed by atoms with E-state index in [9.17, 15) is 9.59 Å². The lowest BCUT2D eigenvalue weighted by Gasteiger charge is -2.12. The van der Waals surface area contributed by atoms with Crippen molar-refractivity contribution in [3.05, 3.63) is 34.2 Å². The summed E-state index contributed by atoms with van der Waals surface area (Å²) in [6.45, 7) is 1.38. The molecule has 2 aromatic rings. The molecule has 0 spiro atoms. The monoisotopic (exact) mass is 248 g/mol. The van der Waals surface area contributed by atoms with Gasteiger partial charge in [-0.3, -0.25) is 4.79 Å². The van der Waals surface area contributed by atoms with E-state index in [2.05, 4.69) is 0 Å². The van der Waals surface area contributed by atoms with E-state index in [0.29, 0.717) is 11.1 Å². The van der Waals surface area contributed by atoms with Crippen LogP contribution in [0.2, 0.25) is 0 Å². The fourth-order valence-corrected chi connectivity index (χ4v) is 1.84. The molecule has 5 nitrogen and oxygen atoms in total. The summed E-state index contributed by atoms with van der Waals surface area (Å²) in [5.74, 6) is 0.431. The predicted octanol–water partition coefficient (Wildman–Crippen LogP) is 2.01. The first kappa shape index (κ1) is 12.2. The lowest BCUT2D eigenvalue weighted by Crippen LogP contribution is -2.04. The van der Waals surface area contributed by atoms with E-state index in [4.69, 9.17) is 13.9 Å². The fourth-order valence-electron chi connectivity index (χ4n) is 1.84. The lowest BCUT2D eigenvalue weighted by molar-refractivity contribution is 0.101. The Morgan fingerprint density at radius 1 is 1.22 bits per heavy atom. The van der Waals surface area contributed by atoms with Crippen LogP contribution in [-0.2, 0) is 0 Å². The number of hydrogen-bond donors (Lipinski definition) is 0. The molecule has 94 valence electrons. The van der Waals surface area contributed by atoms with E-state index < -0.39 is 5.63 Å². The van der Waals surface area contributed by atoms with Gasteiger partial charge in [-0.2, -0.15) is 0 Å². The SMILES string of the molecule is COc1cc2ccc(=O)oc2c(C(C)=O)c1OC. The molecular formula is C13H12O5. The standard InChI is InChI=1S/C13H12O5/c1-7(14)11-12-8(4-5-10(15)18-12)6-9(16-2)13(11)17-3/h4-6H,1-3H3. The van der Waals surface area contributed by atoms with Gasteiger partial charge in [0.2, 0.25) is 0 Å². The molecule has 0 bridgehead atoms. The number of rotatable bonds is 3. The molecular weight excluding hydrogens is 236 g/mol. The Labute approximate surface area is 103 Å². The first-order valence-electron chi connectivity index (χ1n) is 5.28. The van der Waals surface area contributed by atoms with Crippen molar-refractivity contribution in [1.82, 2.24) is 0 Å². The molecule has 0 aliphatic heterocycles. The maximum atomic E-state index is 11.7. The zero-order chi connectivity index (χ0) is 13.3. The number of fused-ring (bicyclic) bond motifs is 1. The van der Waals surface area contributed by atoms with Gasteiger partial charge in [0, 0.05) is 11.5 Å². The number of Topliss-reactive ketones (excluding diaryl/α,β-unsaturated/α-hetero) is 1. The van der Waals surface area contributed by atoms with Gasteiger partial charge in [0.05, 0.1) is 14.2 Å². The third-order valence-electron chi connectivity index (χ3n) is 2.60. The third kappa shape index (κ3) is 1.84. The Bertz CT molecular complexity index is 669. The van der Waals surface area contributed by atoms with E-state index in [1.807, 2.05) is 0 Å². The highest BCUT2D eigenvalue weighted by atomic mass is 16.5. The summed E-state index contributed by atoms with van der Waals surface area (Å²) in [5.41, 5.74) is -0.0885. The normalized spacial score (nSPS) is 10.4. The summed E-state index contributed by atoms with van der Waals surface area (Å²) in [6, 6.07) is 4.53. The van der Waals surface area contributed by atoms with Crippen molar-refractivity contribution in [2.45, 2.75) is 6.92 Å². The molecule has 18 heavy (non-hydrogen) atoms. The highest BCUT2D eigenvalue weighted by Gasteiger charge is 2.20. The Morgan fingerprint density at radius 2 is 1.94 bits per heavy atom. The molecule has 0 saturated carbocycles. The molecule has 0 radical (unpaired) electrons. The zero-order valence-corrected chi connectivity index (χ0v) is 10.3. The summed E-state index contributed by atoms with van der Waals surface area (Å²) in [6.07, 6.45) is 0. The minimum absolute atomic E-state index is 0.213. The third-order valence-corrected chi connectivity index (χ3v) is 2.60. The lowest BCUT2D eigenvalue weighted by atomic mass is 10.1. The van der Waals surface area contributed by atoms with Crippen molar-refractivity contribution in [3.8, 4) is 11.5 Å². The Balaban J connectivity index is 2.97. The van der Waals surface area contributed by atoms with Crippen LogP contribution in [0.1, 0.15) is 17.3 Å². The van der Waals surface area contributed by atoms with E-state index in [-0.39, 0.29) is 22.7 Å². The molecule has 0 saturated heterocycles. The van der Waals surface area contributed by atoms with Gasteiger partial charge in [0.15, 0.2) is 22.9 Å². The molecule has 0 unspecified atom stereocenters.